The summed E-state index contributed by atoms with van der Waals surface area (Å²) in [5, 5.41) is 20.1. The van der Waals surface area contributed by atoms with Gasteiger partial charge in [0.1, 0.15) is 36.3 Å². The van der Waals surface area contributed by atoms with Crippen LogP contribution >= 0.6 is 0 Å². The van der Waals surface area contributed by atoms with Crippen LogP contribution in [-0.4, -0.2) is 133 Å². The van der Waals surface area contributed by atoms with Gasteiger partial charge in [-0.1, -0.05) is 20.1 Å². The summed E-state index contributed by atoms with van der Waals surface area (Å²) in [7, 11) is 1.63. The number of hydrogen-bond acceptors (Lipinski definition) is 12. The maximum absolute atomic E-state index is 14.0. The van der Waals surface area contributed by atoms with Gasteiger partial charge in [0, 0.05) is 51.6 Å². The number of hydrogen-bond donors (Lipinski definition) is 2. The Morgan fingerprint density at radius 2 is 1.54 bits per heavy atom. The number of rotatable bonds is 4. The maximum atomic E-state index is 14.0. The van der Waals surface area contributed by atoms with E-state index in [-0.39, 0.29) is 123 Å². The molecule has 290 valence electrons. The van der Waals surface area contributed by atoms with Crippen LogP contribution in [-0.2, 0) is 47.4 Å². The van der Waals surface area contributed by atoms with Crippen molar-refractivity contribution >= 4 is 5.78 Å². The molecule has 10 saturated heterocycles. The Labute approximate surface area is 306 Å². The first-order chi connectivity index (χ1) is 25.1. The number of fused-ring (bicyclic) bond motifs is 6. The first-order valence-electron chi connectivity index (χ1n) is 20.1. The van der Waals surface area contributed by atoms with Crippen molar-refractivity contribution in [3.8, 4) is 0 Å². The van der Waals surface area contributed by atoms with E-state index in [1.54, 1.807) is 7.11 Å². The lowest BCUT2D eigenvalue weighted by atomic mass is 9.81. The van der Waals surface area contributed by atoms with Crippen molar-refractivity contribution in [2.75, 3.05) is 13.7 Å². The fourth-order valence-electron chi connectivity index (χ4n) is 11.3. The zero-order valence-electron chi connectivity index (χ0n) is 30.7. The van der Waals surface area contributed by atoms with Crippen molar-refractivity contribution in [1.82, 2.24) is 0 Å². The van der Waals surface area contributed by atoms with Crippen LogP contribution in [0.15, 0.2) is 24.3 Å². The van der Waals surface area contributed by atoms with Crippen molar-refractivity contribution < 1.29 is 57.6 Å². The van der Waals surface area contributed by atoms with Crippen LogP contribution in [0.1, 0.15) is 90.4 Å². The Hall–Kier alpha value is -1.29. The lowest BCUT2D eigenvalue weighted by Crippen LogP contribution is -2.61. The molecule has 3 unspecified atom stereocenters. The summed E-state index contributed by atoms with van der Waals surface area (Å²) in [6.07, 6.45) is 4.01. The molecule has 10 rings (SSSR count). The molecule has 12 nitrogen and oxygen atoms in total. The van der Waals surface area contributed by atoms with Crippen LogP contribution in [0.25, 0.3) is 0 Å². The SMILES string of the molecule is C=C1C2C[C@@H]3OC(C[C@H](O)CO)[C@H](OC)[C@H]3CC(=O)C[C@H]3CC[C@@H]4O[C@@H]5[C@H]6O[C@@H]7C[C@](CC[C@H]8CC(=C)[C@H](CCC(C[C@H]1C)O2)O8)(O[C@H]6[C@H]4O3)O[C@H]57. The molecule has 0 amide bonds. The van der Waals surface area contributed by atoms with Crippen molar-refractivity contribution in [3.05, 3.63) is 24.3 Å². The van der Waals surface area contributed by atoms with Gasteiger partial charge >= 0.3 is 0 Å². The molecule has 0 saturated carbocycles. The maximum Gasteiger partial charge on any atom is 0.172 e. The van der Waals surface area contributed by atoms with E-state index in [0.717, 1.165) is 49.7 Å². The summed E-state index contributed by atoms with van der Waals surface area (Å²) in [6, 6.07) is 0. The van der Waals surface area contributed by atoms with Crippen LogP contribution in [0.3, 0.4) is 0 Å². The monoisotopic (exact) mass is 730 g/mol. The number of ether oxygens (including phenoxy) is 9. The van der Waals surface area contributed by atoms with Crippen LogP contribution in [0.5, 0.6) is 0 Å². The number of methoxy groups -OCH3 is 1. The number of ketones is 1. The minimum absolute atomic E-state index is 0.0260. The Balaban J connectivity index is 0.994. The fraction of sp³-hybridized carbons (Fsp3) is 0.875. The van der Waals surface area contributed by atoms with E-state index in [1.165, 1.54) is 0 Å². The van der Waals surface area contributed by atoms with Gasteiger partial charge in [0.2, 0.25) is 0 Å². The molecule has 0 radical (unpaired) electrons. The fourth-order valence-corrected chi connectivity index (χ4v) is 11.3. The summed E-state index contributed by atoms with van der Waals surface area (Å²) < 4.78 is 59.8. The van der Waals surface area contributed by atoms with E-state index in [2.05, 4.69) is 20.1 Å². The molecular weight excluding hydrogens is 672 g/mol. The Bertz CT molecular complexity index is 1370. The highest BCUT2D eigenvalue weighted by Crippen LogP contribution is 2.54. The van der Waals surface area contributed by atoms with E-state index in [9.17, 15) is 15.0 Å². The lowest BCUT2D eigenvalue weighted by Gasteiger charge is -2.47. The third-order valence-electron chi connectivity index (χ3n) is 13.9. The third-order valence-corrected chi connectivity index (χ3v) is 13.9. The molecule has 0 aromatic rings. The summed E-state index contributed by atoms with van der Waals surface area (Å²) in [5.41, 5.74) is 2.17. The second-order valence-electron chi connectivity index (χ2n) is 17.4. The normalized spacial score (nSPS) is 52.4. The van der Waals surface area contributed by atoms with Gasteiger partial charge in [0.25, 0.3) is 0 Å². The molecule has 10 aliphatic heterocycles. The number of aliphatic hydroxyl groups excluding tert-OH is 2. The molecule has 10 heterocycles. The molecule has 12 heteroatoms. The highest BCUT2D eigenvalue weighted by Gasteiger charge is 2.68. The molecule has 10 fully saturated rings. The van der Waals surface area contributed by atoms with Gasteiger partial charge in [-0.25, -0.2) is 0 Å². The largest absolute Gasteiger partial charge is 0.394 e. The Morgan fingerprint density at radius 1 is 0.788 bits per heavy atom. The molecule has 0 aliphatic carbocycles. The summed E-state index contributed by atoms with van der Waals surface area (Å²) in [5.74, 6) is -0.709. The highest BCUT2D eigenvalue weighted by atomic mass is 16.8. The standard InChI is InChI=1S/C40H58O12/c1-19-11-24-5-7-28-20(2)12-26(45-28)9-10-40-17-33-36(51-40)37-38(50-33)39(52-40)35-29(49-37)8-6-25(47-35)13-22(42)14-27-31(16-30(46-24)21(19)3)48-32(34(27)44-4)15-23(43)18-41/h19,23-39,41,43H,2-3,5-18H2,1,4H3/t19-,23+,24?,25-,26+,27+,28+,29+,30?,31+,32?,33-,34-,35+,36+,37+,38-,39+,40+/m1/s1. The molecule has 52 heavy (non-hydrogen) atoms. The molecule has 1 spiro atoms. The predicted octanol–water partition coefficient (Wildman–Crippen LogP) is 3.47. The first-order valence-corrected chi connectivity index (χ1v) is 20.1. The zero-order chi connectivity index (χ0) is 35.9. The first kappa shape index (κ1) is 36.4. The van der Waals surface area contributed by atoms with Crippen molar-refractivity contribution in [1.29, 1.82) is 0 Å². The molecule has 12 bridgehead atoms. The second kappa shape index (κ2) is 14.3. The third kappa shape index (κ3) is 6.59. The minimum atomic E-state index is -0.951. The van der Waals surface area contributed by atoms with Gasteiger partial charge in [0.05, 0.1) is 73.8 Å². The van der Waals surface area contributed by atoms with Crippen molar-refractivity contribution in [3.63, 3.8) is 0 Å². The number of Topliss-reactive ketones (excluding diaryl/α,β-unsaturated/α-hetero) is 1. The van der Waals surface area contributed by atoms with E-state index in [1.807, 2.05) is 0 Å². The number of aliphatic hydroxyl groups is 2. The second-order valence-corrected chi connectivity index (χ2v) is 17.4. The van der Waals surface area contributed by atoms with Gasteiger partial charge < -0.3 is 52.8 Å². The van der Waals surface area contributed by atoms with Crippen LogP contribution in [0.4, 0.5) is 0 Å². The number of carbonyl (C=O) groups is 1. The van der Waals surface area contributed by atoms with Crippen LogP contribution in [0.2, 0.25) is 0 Å². The van der Waals surface area contributed by atoms with Gasteiger partial charge in [-0.2, -0.15) is 0 Å². The molecule has 0 aromatic heterocycles. The molecule has 0 aromatic carbocycles. The van der Waals surface area contributed by atoms with Crippen LogP contribution < -0.4 is 0 Å². The topological polar surface area (TPSA) is 141 Å². The van der Waals surface area contributed by atoms with Gasteiger partial charge in [-0.15, -0.1) is 0 Å². The average molecular weight is 731 g/mol. The Kier molecular flexibility index (Phi) is 10.0. The van der Waals surface area contributed by atoms with E-state index < -0.39 is 24.1 Å². The van der Waals surface area contributed by atoms with Crippen LogP contribution in [0, 0.1) is 11.8 Å². The summed E-state index contributed by atoms with van der Waals surface area (Å²) >= 11 is 0. The van der Waals surface area contributed by atoms with Gasteiger partial charge in [0.15, 0.2) is 5.79 Å². The molecule has 2 N–H and O–H groups in total. The van der Waals surface area contributed by atoms with E-state index >= 15 is 0 Å². The lowest BCUT2D eigenvalue weighted by molar-refractivity contribution is -0.292. The molecule has 19 atom stereocenters. The minimum Gasteiger partial charge on any atom is -0.394 e. The predicted molar refractivity (Wildman–Crippen MR) is 184 cm³/mol. The molecule has 10 aliphatic rings. The Morgan fingerprint density at radius 3 is 2.37 bits per heavy atom. The highest BCUT2D eigenvalue weighted by molar-refractivity contribution is 5.79. The number of carbonyl (C=O) groups excluding carboxylic acids is 1. The van der Waals surface area contributed by atoms with E-state index in [4.69, 9.17) is 42.6 Å². The van der Waals surface area contributed by atoms with Gasteiger partial charge in [-0.3, -0.25) is 4.79 Å². The smallest absolute Gasteiger partial charge is 0.172 e. The summed E-state index contributed by atoms with van der Waals surface area (Å²) in [4.78, 5) is 14.0. The van der Waals surface area contributed by atoms with Crippen molar-refractivity contribution in [2.24, 2.45) is 11.8 Å². The van der Waals surface area contributed by atoms with Crippen molar-refractivity contribution in [2.45, 2.75) is 194 Å². The summed E-state index contributed by atoms with van der Waals surface area (Å²) in [6.45, 7) is 10.7. The zero-order valence-corrected chi connectivity index (χ0v) is 30.7. The van der Waals surface area contributed by atoms with E-state index in [0.29, 0.717) is 25.7 Å². The quantitative estimate of drug-likeness (QED) is 0.410. The molecular formula is C40H58O12. The van der Waals surface area contributed by atoms with Gasteiger partial charge in [-0.05, 0) is 62.0 Å². The average Bonchev–Trinajstić information content (AvgIpc) is 3.79.